The first-order valence-electron chi connectivity index (χ1n) is 6.82. The fourth-order valence-electron chi connectivity index (χ4n) is 2.30. The number of hydrogen-bond acceptors (Lipinski definition) is 3. The summed E-state index contributed by atoms with van der Waals surface area (Å²) in [4.78, 5) is 15.8. The van der Waals surface area contributed by atoms with E-state index < -0.39 is 5.91 Å². The molecule has 0 spiro atoms. The lowest BCUT2D eigenvalue weighted by Gasteiger charge is -2.11. The summed E-state index contributed by atoms with van der Waals surface area (Å²) < 4.78 is 0. The van der Waals surface area contributed by atoms with Crippen LogP contribution in [-0.2, 0) is 6.54 Å². The molecular weight excluding hydrogens is 298 g/mol. The fourth-order valence-corrected chi connectivity index (χ4v) is 2.52. The number of nitrogens with zero attached hydrogens (tertiary/aromatic N) is 1. The zero-order chi connectivity index (χ0) is 15.5. The number of nitrogens with two attached hydrogens (primary N) is 1. The molecule has 0 bridgehead atoms. The molecule has 0 radical (unpaired) electrons. The first-order chi connectivity index (χ1) is 10.6. The third kappa shape index (κ3) is 2.87. The molecule has 0 unspecified atom stereocenters. The van der Waals surface area contributed by atoms with Crippen molar-refractivity contribution >= 4 is 34.1 Å². The highest BCUT2D eigenvalue weighted by Gasteiger charge is 2.09. The summed E-state index contributed by atoms with van der Waals surface area (Å²) in [5.74, 6) is -0.467. The number of carbonyl (C=O) groups excluding carboxylic acids is 1. The van der Waals surface area contributed by atoms with Gasteiger partial charge in [-0.1, -0.05) is 41.9 Å². The van der Waals surface area contributed by atoms with Gasteiger partial charge in [0.25, 0.3) is 5.91 Å². The molecule has 0 aliphatic heterocycles. The topological polar surface area (TPSA) is 68.0 Å². The van der Waals surface area contributed by atoms with Crippen molar-refractivity contribution in [1.29, 1.82) is 0 Å². The van der Waals surface area contributed by atoms with Crippen LogP contribution in [0.15, 0.2) is 54.6 Å². The van der Waals surface area contributed by atoms with Gasteiger partial charge >= 0.3 is 0 Å². The number of pyridine rings is 1. The maximum Gasteiger partial charge on any atom is 0.250 e. The molecular formula is C17H14ClN3O. The van der Waals surface area contributed by atoms with Crippen LogP contribution in [0.1, 0.15) is 15.9 Å². The molecule has 0 aliphatic rings. The predicted octanol–water partition coefficient (Wildman–Crippen LogP) is 3.60. The normalized spacial score (nSPS) is 10.6. The smallest absolute Gasteiger partial charge is 0.250 e. The number of primary amides is 1. The number of para-hydroxylation sites is 2. The molecule has 22 heavy (non-hydrogen) atoms. The van der Waals surface area contributed by atoms with E-state index in [1.54, 1.807) is 12.1 Å². The van der Waals surface area contributed by atoms with Crippen LogP contribution >= 0.6 is 11.6 Å². The Kier molecular flexibility index (Phi) is 3.94. The van der Waals surface area contributed by atoms with Crippen LogP contribution in [0.4, 0.5) is 5.69 Å². The second-order valence-corrected chi connectivity index (χ2v) is 5.25. The van der Waals surface area contributed by atoms with E-state index in [9.17, 15) is 4.79 Å². The van der Waals surface area contributed by atoms with Gasteiger partial charge < -0.3 is 11.1 Å². The Balaban J connectivity index is 1.88. The number of benzene rings is 2. The molecule has 4 nitrogen and oxygen atoms in total. The monoisotopic (exact) mass is 311 g/mol. The lowest BCUT2D eigenvalue weighted by Crippen LogP contribution is -2.14. The summed E-state index contributed by atoms with van der Waals surface area (Å²) in [5, 5.41) is 4.66. The van der Waals surface area contributed by atoms with Crippen molar-refractivity contribution in [1.82, 2.24) is 4.98 Å². The number of fused-ring (bicyclic) bond motifs is 1. The SMILES string of the molecule is NC(=O)c1ccccc1NCc1cc2ccccc2nc1Cl. The van der Waals surface area contributed by atoms with E-state index >= 15 is 0 Å². The van der Waals surface area contributed by atoms with Crippen molar-refractivity contribution in [2.45, 2.75) is 6.54 Å². The van der Waals surface area contributed by atoms with Gasteiger partial charge in [-0.25, -0.2) is 4.98 Å². The van der Waals surface area contributed by atoms with Crippen molar-refractivity contribution in [2.75, 3.05) is 5.32 Å². The van der Waals surface area contributed by atoms with Crippen molar-refractivity contribution in [3.63, 3.8) is 0 Å². The lowest BCUT2D eigenvalue weighted by molar-refractivity contribution is 0.100. The average molecular weight is 312 g/mol. The second kappa shape index (κ2) is 6.03. The van der Waals surface area contributed by atoms with Crippen molar-refractivity contribution in [3.05, 3.63) is 70.9 Å². The minimum absolute atomic E-state index is 0.447. The molecule has 3 aromatic rings. The Labute approximate surface area is 132 Å². The molecule has 1 aromatic heterocycles. The lowest BCUT2D eigenvalue weighted by atomic mass is 10.1. The Morgan fingerprint density at radius 3 is 2.68 bits per heavy atom. The third-order valence-corrected chi connectivity index (χ3v) is 3.74. The van der Waals surface area contributed by atoms with Crippen molar-refractivity contribution in [3.8, 4) is 0 Å². The summed E-state index contributed by atoms with van der Waals surface area (Å²) in [6.45, 7) is 0.459. The largest absolute Gasteiger partial charge is 0.380 e. The zero-order valence-electron chi connectivity index (χ0n) is 11.7. The Hall–Kier alpha value is -2.59. The molecule has 0 saturated carbocycles. The molecule has 0 fully saturated rings. The van der Waals surface area contributed by atoms with Gasteiger partial charge in [-0.3, -0.25) is 4.79 Å². The molecule has 0 aliphatic carbocycles. The summed E-state index contributed by atoms with van der Waals surface area (Å²) >= 11 is 6.23. The first-order valence-corrected chi connectivity index (χ1v) is 7.20. The Morgan fingerprint density at radius 2 is 1.86 bits per heavy atom. The minimum Gasteiger partial charge on any atom is -0.380 e. The molecule has 5 heteroatoms. The van der Waals surface area contributed by atoms with Gasteiger partial charge in [0.05, 0.1) is 11.1 Å². The molecule has 3 N–H and O–H groups in total. The maximum absolute atomic E-state index is 11.4. The van der Waals surface area contributed by atoms with E-state index in [0.29, 0.717) is 22.9 Å². The number of carbonyl (C=O) groups is 1. The fraction of sp³-hybridized carbons (Fsp3) is 0.0588. The van der Waals surface area contributed by atoms with Gasteiger partial charge in [-0.2, -0.15) is 0 Å². The van der Waals surface area contributed by atoms with Crippen LogP contribution in [0.5, 0.6) is 0 Å². The average Bonchev–Trinajstić information content (AvgIpc) is 2.53. The Morgan fingerprint density at radius 1 is 1.14 bits per heavy atom. The van der Waals surface area contributed by atoms with E-state index in [0.717, 1.165) is 16.5 Å². The van der Waals surface area contributed by atoms with Crippen LogP contribution in [0.2, 0.25) is 5.15 Å². The van der Waals surface area contributed by atoms with Crippen LogP contribution in [0.3, 0.4) is 0 Å². The van der Waals surface area contributed by atoms with Gasteiger partial charge in [0, 0.05) is 23.2 Å². The maximum atomic E-state index is 11.4. The quantitative estimate of drug-likeness (QED) is 0.723. The van der Waals surface area contributed by atoms with Crippen molar-refractivity contribution < 1.29 is 4.79 Å². The highest BCUT2D eigenvalue weighted by Crippen LogP contribution is 2.22. The van der Waals surface area contributed by atoms with Gasteiger partial charge in [-0.15, -0.1) is 0 Å². The highest BCUT2D eigenvalue weighted by molar-refractivity contribution is 6.30. The summed E-state index contributed by atoms with van der Waals surface area (Å²) in [5.41, 5.74) is 8.22. The third-order valence-electron chi connectivity index (χ3n) is 3.41. The molecule has 3 rings (SSSR count). The van der Waals surface area contributed by atoms with Crippen molar-refractivity contribution in [2.24, 2.45) is 5.73 Å². The number of nitrogens with one attached hydrogen (secondary N) is 1. The number of amides is 1. The van der Waals surface area contributed by atoms with E-state index in [4.69, 9.17) is 17.3 Å². The number of aromatic nitrogens is 1. The number of rotatable bonds is 4. The molecule has 0 saturated heterocycles. The van der Waals surface area contributed by atoms with E-state index in [1.165, 1.54) is 0 Å². The van der Waals surface area contributed by atoms with E-state index in [1.807, 2.05) is 42.5 Å². The Bertz CT molecular complexity index is 848. The molecule has 0 atom stereocenters. The second-order valence-electron chi connectivity index (χ2n) is 4.89. The highest BCUT2D eigenvalue weighted by atomic mass is 35.5. The van der Waals surface area contributed by atoms with Gasteiger partial charge in [0.15, 0.2) is 0 Å². The number of hydrogen-bond donors (Lipinski definition) is 2. The summed E-state index contributed by atoms with van der Waals surface area (Å²) in [7, 11) is 0. The molecule has 1 amide bonds. The summed E-state index contributed by atoms with van der Waals surface area (Å²) in [6.07, 6.45) is 0. The molecule has 2 aromatic carbocycles. The molecule has 110 valence electrons. The van der Waals surface area contributed by atoms with E-state index in [2.05, 4.69) is 10.3 Å². The summed E-state index contributed by atoms with van der Waals surface area (Å²) in [6, 6.07) is 16.9. The van der Waals surface area contributed by atoms with Crippen LogP contribution in [0.25, 0.3) is 10.9 Å². The standard InChI is InChI=1S/C17H14ClN3O/c18-16-12(9-11-5-1-3-7-14(11)21-16)10-20-15-8-4-2-6-13(15)17(19)22/h1-9,20H,10H2,(H2,19,22). The minimum atomic E-state index is -0.467. The first kappa shape index (κ1) is 14.4. The van der Waals surface area contributed by atoms with Gasteiger partial charge in [-0.05, 0) is 24.3 Å². The predicted molar refractivity (Wildman–Crippen MR) is 89.0 cm³/mol. The van der Waals surface area contributed by atoms with E-state index in [-0.39, 0.29) is 0 Å². The van der Waals surface area contributed by atoms with Gasteiger partial charge in [0.2, 0.25) is 0 Å². The zero-order valence-corrected chi connectivity index (χ0v) is 12.5. The number of halogens is 1. The van der Waals surface area contributed by atoms with Crippen LogP contribution in [0, 0.1) is 0 Å². The van der Waals surface area contributed by atoms with Crippen LogP contribution < -0.4 is 11.1 Å². The van der Waals surface area contributed by atoms with Crippen LogP contribution in [-0.4, -0.2) is 10.9 Å². The van der Waals surface area contributed by atoms with Gasteiger partial charge in [0.1, 0.15) is 5.15 Å². The molecule has 1 heterocycles. The number of anilines is 1.